The van der Waals surface area contributed by atoms with Gasteiger partial charge in [-0.05, 0) is 44.5 Å². The van der Waals surface area contributed by atoms with Crippen LogP contribution in [0.2, 0.25) is 0 Å². The highest BCUT2D eigenvalue weighted by Crippen LogP contribution is 2.12. The van der Waals surface area contributed by atoms with Crippen LogP contribution in [0.25, 0.3) is 11.2 Å². The van der Waals surface area contributed by atoms with Gasteiger partial charge in [-0.2, -0.15) is 4.98 Å². The van der Waals surface area contributed by atoms with Crippen molar-refractivity contribution in [2.75, 3.05) is 11.1 Å². The minimum Gasteiger partial charge on any atom is -0.481 e. The van der Waals surface area contributed by atoms with Crippen LogP contribution in [0.1, 0.15) is 49.2 Å². The van der Waals surface area contributed by atoms with Gasteiger partial charge in [-0.25, -0.2) is 9.97 Å². The topological polar surface area (TPSA) is 222 Å². The molecular formula is C24H28N8O6. The number of nitrogens with one attached hydrogen (secondary N) is 4. The van der Waals surface area contributed by atoms with Crippen molar-refractivity contribution in [2.45, 2.75) is 51.7 Å². The average Bonchev–Trinajstić information content (AvgIpc) is 2.86. The van der Waals surface area contributed by atoms with Gasteiger partial charge in [0.05, 0.1) is 30.9 Å². The Labute approximate surface area is 216 Å². The van der Waals surface area contributed by atoms with Crippen LogP contribution in [0.4, 0.5) is 11.6 Å². The Hall–Kier alpha value is -4.88. The number of fused-ring (bicyclic) bond motifs is 1. The van der Waals surface area contributed by atoms with Crippen molar-refractivity contribution in [3.8, 4) is 0 Å². The van der Waals surface area contributed by atoms with Crippen LogP contribution < -0.4 is 27.2 Å². The van der Waals surface area contributed by atoms with Crippen LogP contribution in [0.15, 0.2) is 35.3 Å². The largest absolute Gasteiger partial charge is 0.481 e. The predicted molar refractivity (Wildman–Crippen MR) is 137 cm³/mol. The first kappa shape index (κ1) is 27.7. The Morgan fingerprint density at radius 1 is 1.11 bits per heavy atom. The van der Waals surface area contributed by atoms with E-state index in [1.165, 1.54) is 13.1 Å². The monoisotopic (exact) mass is 524 g/mol. The number of carboxylic acid groups (broad SMARTS) is 1. The van der Waals surface area contributed by atoms with E-state index in [0.717, 1.165) is 0 Å². The van der Waals surface area contributed by atoms with Gasteiger partial charge in [0.25, 0.3) is 11.5 Å². The molecule has 2 heterocycles. The molecule has 3 rings (SSSR count). The van der Waals surface area contributed by atoms with Gasteiger partial charge >= 0.3 is 5.97 Å². The summed E-state index contributed by atoms with van der Waals surface area (Å²) in [5, 5.41) is 17.2. The van der Waals surface area contributed by atoms with Gasteiger partial charge in [0.1, 0.15) is 0 Å². The molecule has 0 saturated heterocycles. The SMILES string of the molecule is CC(=O)[C@H](CC(=O)O)NC(=O)CC[C@@H](C)NC(=O)c1ccc(NCc2cnc3nc(N)[nH]c(=O)c3n2)cc1. The molecule has 200 valence electrons. The molecular weight excluding hydrogens is 496 g/mol. The molecule has 7 N–H and O–H groups in total. The second-order valence-corrected chi connectivity index (χ2v) is 8.66. The van der Waals surface area contributed by atoms with Crippen LogP contribution in [-0.2, 0) is 20.9 Å². The summed E-state index contributed by atoms with van der Waals surface area (Å²) in [5.41, 5.74) is 6.88. The van der Waals surface area contributed by atoms with Gasteiger partial charge in [0.15, 0.2) is 16.9 Å². The van der Waals surface area contributed by atoms with E-state index >= 15 is 0 Å². The van der Waals surface area contributed by atoms with Crippen molar-refractivity contribution in [2.24, 2.45) is 0 Å². The molecule has 1 aromatic carbocycles. The van der Waals surface area contributed by atoms with Crippen LogP contribution in [0.5, 0.6) is 0 Å². The zero-order valence-corrected chi connectivity index (χ0v) is 20.8. The quantitative estimate of drug-likeness (QED) is 0.190. The molecule has 0 aliphatic rings. The minimum absolute atomic E-state index is 0.0146. The van der Waals surface area contributed by atoms with Crippen LogP contribution in [-0.4, -0.2) is 60.7 Å². The Balaban J connectivity index is 1.48. The maximum atomic E-state index is 12.6. The van der Waals surface area contributed by atoms with Gasteiger partial charge in [0, 0.05) is 23.7 Å². The van der Waals surface area contributed by atoms with Crippen LogP contribution in [0, 0.1) is 0 Å². The number of nitrogens with two attached hydrogens (primary N) is 1. The van der Waals surface area contributed by atoms with Crippen molar-refractivity contribution >= 4 is 46.4 Å². The summed E-state index contributed by atoms with van der Waals surface area (Å²) < 4.78 is 0. The van der Waals surface area contributed by atoms with E-state index in [4.69, 9.17) is 10.8 Å². The molecule has 2 amide bonds. The van der Waals surface area contributed by atoms with Crippen molar-refractivity contribution in [1.29, 1.82) is 0 Å². The number of rotatable bonds is 12. The Bertz CT molecular complexity index is 1410. The van der Waals surface area contributed by atoms with Gasteiger partial charge in [-0.3, -0.25) is 29.0 Å². The fourth-order valence-corrected chi connectivity index (χ4v) is 3.45. The number of aromatic amines is 1. The standard InChI is InChI=1S/C24H28N8O6/c1-12(3-8-18(34)30-17(13(2)33)9-19(35)36)28-22(37)14-4-6-15(7-5-14)26-10-16-11-27-21-20(29-16)23(38)32-24(25)31-21/h4-7,11-12,17,26H,3,8-10H2,1-2H3,(H,28,37)(H,30,34)(H,35,36)(H3,25,27,31,32,38)/t12-,17+/m1/s1. The third kappa shape index (κ3) is 7.81. The first-order valence-corrected chi connectivity index (χ1v) is 11.7. The third-order valence-electron chi connectivity index (χ3n) is 5.49. The van der Waals surface area contributed by atoms with Crippen molar-refractivity contribution < 1.29 is 24.3 Å². The number of benzene rings is 1. The number of anilines is 2. The van der Waals surface area contributed by atoms with E-state index in [9.17, 15) is 24.0 Å². The molecule has 0 saturated carbocycles. The molecule has 0 fully saturated rings. The molecule has 2 atom stereocenters. The third-order valence-corrected chi connectivity index (χ3v) is 5.49. The summed E-state index contributed by atoms with van der Waals surface area (Å²) in [6.07, 6.45) is 1.31. The molecule has 3 aromatic rings. The molecule has 0 spiro atoms. The van der Waals surface area contributed by atoms with Gasteiger partial charge in [-0.1, -0.05) is 0 Å². The van der Waals surface area contributed by atoms with Crippen molar-refractivity contribution in [3.05, 3.63) is 52.1 Å². The van der Waals surface area contributed by atoms with Gasteiger partial charge in [-0.15, -0.1) is 0 Å². The molecule has 14 heteroatoms. The number of aliphatic carboxylic acids is 1. The van der Waals surface area contributed by atoms with E-state index in [1.54, 1.807) is 31.2 Å². The fraction of sp³-hybridized carbons (Fsp3) is 0.333. The lowest BCUT2D eigenvalue weighted by Crippen LogP contribution is -2.42. The number of nitrogen functional groups attached to an aromatic ring is 1. The Morgan fingerprint density at radius 2 is 1.82 bits per heavy atom. The molecule has 14 nitrogen and oxygen atoms in total. The van der Waals surface area contributed by atoms with E-state index in [2.05, 4.69) is 35.9 Å². The lowest BCUT2D eigenvalue weighted by atomic mass is 10.1. The fourth-order valence-electron chi connectivity index (χ4n) is 3.45. The zero-order chi connectivity index (χ0) is 27.8. The van der Waals surface area contributed by atoms with E-state index in [-0.39, 0.29) is 42.0 Å². The number of hydrogen-bond acceptors (Lipinski definition) is 10. The summed E-state index contributed by atoms with van der Waals surface area (Å²) in [7, 11) is 0. The second-order valence-electron chi connectivity index (χ2n) is 8.66. The first-order valence-electron chi connectivity index (χ1n) is 11.7. The summed E-state index contributed by atoms with van der Waals surface area (Å²) in [6, 6.07) is 5.25. The highest BCUT2D eigenvalue weighted by atomic mass is 16.4. The van der Waals surface area contributed by atoms with Crippen LogP contribution >= 0.6 is 0 Å². The minimum atomic E-state index is -1.19. The molecule has 2 aromatic heterocycles. The smallest absolute Gasteiger partial charge is 0.305 e. The van der Waals surface area contributed by atoms with E-state index < -0.39 is 35.7 Å². The van der Waals surface area contributed by atoms with Crippen molar-refractivity contribution in [1.82, 2.24) is 30.6 Å². The van der Waals surface area contributed by atoms with Gasteiger partial charge < -0.3 is 26.8 Å². The Morgan fingerprint density at radius 3 is 2.47 bits per heavy atom. The maximum Gasteiger partial charge on any atom is 0.305 e. The Kier molecular flexibility index (Phi) is 9.03. The number of amides is 2. The predicted octanol–water partition coefficient (Wildman–Crippen LogP) is 0.354. The van der Waals surface area contributed by atoms with Gasteiger partial charge in [0.2, 0.25) is 11.9 Å². The highest BCUT2D eigenvalue weighted by Gasteiger charge is 2.20. The number of Topliss-reactive ketones (excluding diaryl/α,β-unsaturated/α-hetero) is 1. The molecule has 0 bridgehead atoms. The maximum absolute atomic E-state index is 12.6. The lowest BCUT2D eigenvalue weighted by Gasteiger charge is -2.16. The molecule has 0 unspecified atom stereocenters. The summed E-state index contributed by atoms with van der Waals surface area (Å²) in [6.45, 7) is 3.22. The van der Waals surface area contributed by atoms with Crippen LogP contribution in [0.3, 0.4) is 0 Å². The highest BCUT2D eigenvalue weighted by molar-refractivity contribution is 5.94. The second kappa shape index (κ2) is 12.4. The summed E-state index contributed by atoms with van der Waals surface area (Å²) >= 11 is 0. The average molecular weight is 525 g/mol. The first-order chi connectivity index (χ1) is 18.0. The number of carbonyl (C=O) groups excluding carboxylic acids is 3. The normalized spacial score (nSPS) is 12.4. The molecule has 38 heavy (non-hydrogen) atoms. The summed E-state index contributed by atoms with van der Waals surface area (Å²) in [4.78, 5) is 73.6. The number of nitrogens with zero attached hydrogens (tertiary/aromatic N) is 3. The number of aromatic nitrogens is 4. The number of carboxylic acids is 1. The molecule has 0 aliphatic carbocycles. The number of ketones is 1. The zero-order valence-electron chi connectivity index (χ0n) is 20.8. The molecule has 0 radical (unpaired) electrons. The number of carbonyl (C=O) groups is 4. The van der Waals surface area contributed by atoms with E-state index in [0.29, 0.717) is 23.4 Å². The molecule has 0 aliphatic heterocycles. The lowest BCUT2D eigenvalue weighted by molar-refractivity contribution is -0.139. The van der Waals surface area contributed by atoms with Crippen molar-refractivity contribution in [3.63, 3.8) is 0 Å². The summed E-state index contributed by atoms with van der Waals surface area (Å²) in [5.74, 6) is -2.46. The number of H-pyrrole nitrogens is 1. The number of hydrogen-bond donors (Lipinski definition) is 6. The van der Waals surface area contributed by atoms with E-state index in [1.807, 2.05) is 0 Å².